The molecule has 1 aliphatic heterocycles. The van der Waals surface area contributed by atoms with Crippen molar-refractivity contribution in [1.82, 2.24) is 9.80 Å². The van der Waals surface area contributed by atoms with Gasteiger partial charge in [-0.15, -0.1) is 0 Å². The van der Waals surface area contributed by atoms with Gasteiger partial charge in [-0.2, -0.15) is 0 Å². The molecule has 2 aromatic rings. The number of benzene rings is 2. The largest absolute Gasteiger partial charge is 0.335 e. The average molecular weight is 426 g/mol. The molecule has 156 valence electrons. The van der Waals surface area contributed by atoms with Gasteiger partial charge in [-0.1, -0.05) is 30.3 Å². The summed E-state index contributed by atoms with van der Waals surface area (Å²) in [4.78, 5) is 39.2. The highest BCUT2D eigenvalue weighted by atomic mass is 35.5. The summed E-state index contributed by atoms with van der Waals surface area (Å²) in [6.45, 7) is 7.83. The summed E-state index contributed by atoms with van der Waals surface area (Å²) in [5.41, 5.74) is 3.28. The minimum atomic E-state index is -0.309. The van der Waals surface area contributed by atoms with Gasteiger partial charge in [0.1, 0.15) is 0 Å². The van der Waals surface area contributed by atoms with Crippen molar-refractivity contribution in [2.45, 2.75) is 19.9 Å². The van der Waals surface area contributed by atoms with Gasteiger partial charge in [0, 0.05) is 44.2 Å². The van der Waals surface area contributed by atoms with Crippen LogP contribution in [0.5, 0.6) is 0 Å². The number of hydrogen-bond acceptors (Lipinski definition) is 3. The predicted molar refractivity (Wildman–Crippen MR) is 118 cm³/mol. The molecule has 7 heteroatoms. The van der Waals surface area contributed by atoms with E-state index in [1.54, 1.807) is 9.80 Å². The van der Waals surface area contributed by atoms with E-state index in [1.165, 1.54) is 19.9 Å². The van der Waals surface area contributed by atoms with Crippen LogP contribution in [0.1, 0.15) is 25.5 Å². The average Bonchev–Trinajstić information content (AvgIpc) is 2.72. The van der Waals surface area contributed by atoms with Crippen molar-refractivity contribution in [2.75, 3.05) is 25.0 Å². The first-order valence-electron chi connectivity index (χ1n) is 9.65. The van der Waals surface area contributed by atoms with E-state index in [9.17, 15) is 14.4 Å². The van der Waals surface area contributed by atoms with Crippen LogP contribution in [0.25, 0.3) is 11.1 Å². The number of halogens is 1. The van der Waals surface area contributed by atoms with E-state index in [0.29, 0.717) is 30.3 Å². The zero-order valence-electron chi connectivity index (χ0n) is 17.0. The number of anilines is 1. The van der Waals surface area contributed by atoms with E-state index in [0.717, 1.165) is 16.7 Å². The molecule has 1 atom stereocenters. The maximum Gasteiger partial charge on any atom is 0.246 e. The third-order valence-corrected chi connectivity index (χ3v) is 5.31. The molecule has 0 bridgehead atoms. The number of carbonyl (C=O) groups is 3. The number of rotatable bonds is 4. The van der Waals surface area contributed by atoms with Crippen molar-refractivity contribution in [3.05, 3.63) is 65.7 Å². The Morgan fingerprint density at radius 3 is 2.53 bits per heavy atom. The van der Waals surface area contributed by atoms with Crippen LogP contribution >= 0.6 is 11.6 Å². The molecule has 1 saturated heterocycles. The Hall–Kier alpha value is -3.12. The fourth-order valence-electron chi connectivity index (χ4n) is 3.73. The molecule has 1 fully saturated rings. The van der Waals surface area contributed by atoms with Crippen LogP contribution < -0.4 is 5.32 Å². The molecular formula is C23H24ClN3O3. The molecule has 1 aliphatic rings. The second kappa shape index (κ2) is 9.13. The van der Waals surface area contributed by atoms with Crippen molar-refractivity contribution in [3.63, 3.8) is 0 Å². The van der Waals surface area contributed by atoms with Crippen LogP contribution in [-0.2, 0) is 14.4 Å². The molecule has 0 saturated carbocycles. The van der Waals surface area contributed by atoms with Gasteiger partial charge in [0.15, 0.2) is 0 Å². The number of piperazine rings is 1. The van der Waals surface area contributed by atoms with Crippen molar-refractivity contribution in [1.29, 1.82) is 0 Å². The van der Waals surface area contributed by atoms with Crippen LogP contribution in [0.4, 0.5) is 5.69 Å². The van der Waals surface area contributed by atoms with Gasteiger partial charge in [-0.25, -0.2) is 0 Å². The molecule has 1 N–H and O–H groups in total. The van der Waals surface area contributed by atoms with Crippen molar-refractivity contribution < 1.29 is 14.4 Å². The minimum Gasteiger partial charge on any atom is -0.335 e. The summed E-state index contributed by atoms with van der Waals surface area (Å²) < 4.78 is 0. The Bertz CT molecular complexity index is 1000. The fraction of sp³-hybridized carbons (Fsp3) is 0.261. The maximum absolute atomic E-state index is 12.2. The lowest BCUT2D eigenvalue weighted by molar-refractivity contribution is -0.139. The monoisotopic (exact) mass is 425 g/mol. The maximum atomic E-state index is 12.2. The Morgan fingerprint density at radius 2 is 1.87 bits per heavy atom. The topological polar surface area (TPSA) is 69.7 Å². The SMILES string of the molecule is C=CC(=O)N1CCN(C(C)=O)[C@@H](c2cc(Cl)cc(-c3cccc(NC(C)=O)c3)c2)C1. The van der Waals surface area contributed by atoms with Crippen LogP contribution in [-0.4, -0.2) is 47.2 Å². The predicted octanol–water partition coefficient (Wildman–Crippen LogP) is 3.88. The lowest BCUT2D eigenvalue weighted by Gasteiger charge is -2.41. The number of nitrogens with zero attached hydrogens (tertiary/aromatic N) is 2. The van der Waals surface area contributed by atoms with Gasteiger partial charge in [0.05, 0.1) is 6.04 Å². The van der Waals surface area contributed by atoms with E-state index in [-0.39, 0.29) is 23.8 Å². The van der Waals surface area contributed by atoms with Crippen molar-refractivity contribution in [2.24, 2.45) is 0 Å². The second-order valence-corrected chi connectivity index (χ2v) is 7.69. The number of carbonyl (C=O) groups excluding carboxylic acids is 3. The number of amides is 3. The smallest absolute Gasteiger partial charge is 0.246 e. The minimum absolute atomic E-state index is 0.0557. The molecule has 1 heterocycles. The Labute approximate surface area is 181 Å². The molecule has 30 heavy (non-hydrogen) atoms. The van der Waals surface area contributed by atoms with Gasteiger partial charge in [-0.05, 0) is 53.1 Å². The summed E-state index contributed by atoms with van der Waals surface area (Å²) in [6.07, 6.45) is 1.29. The Balaban J connectivity index is 2.00. The summed E-state index contributed by atoms with van der Waals surface area (Å²) in [6, 6.07) is 12.8. The molecule has 3 rings (SSSR count). The van der Waals surface area contributed by atoms with E-state index in [2.05, 4.69) is 11.9 Å². The summed E-state index contributed by atoms with van der Waals surface area (Å²) >= 11 is 6.43. The van der Waals surface area contributed by atoms with E-state index < -0.39 is 0 Å². The Morgan fingerprint density at radius 1 is 1.10 bits per heavy atom. The van der Waals surface area contributed by atoms with E-state index >= 15 is 0 Å². The third kappa shape index (κ3) is 4.89. The van der Waals surface area contributed by atoms with Crippen LogP contribution in [0.15, 0.2) is 55.1 Å². The summed E-state index contributed by atoms with van der Waals surface area (Å²) in [7, 11) is 0. The lowest BCUT2D eigenvalue weighted by Crippen LogP contribution is -2.51. The molecule has 0 aromatic heterocycles. The first kappa shape index (κ1) is 21.6. The van der Waals surface area contributed by atoms with Gasteiger partial charge < -0.3 is 15.1 Å². The van der Waals surface area contributed by atoms with Gasteiger partial charge in [0.25, 0.3) is 0 Å². The first-order valence-corrected chi connectivity index (χ1v) is 10.0. The Kier molecular flexibility index (Phi) is 6.57. The molecule has 0 unspecified atom stereocenters. The van der Waals surface area contributed by atoms with E-state index in [4.69, 9.17) is 11.6 Å². The third-order valence-electron chi connectivity index (χ3n) is 5.09. The normalized spacial score (nSPS) is 16.2. The zero-order valence-corrected chi connectivity index (χ0v) is 17.8. The molecule has 0 aliphatic carbocycles. The fourth-order valence-corrected chi connectivity index (χ4v) is 3.97. The second-order valence-electron chi connectivity index (χ2n) is 7.25. The zero-order chi connectivity index (χ0) is 21.8. The van der Waals surface area contributed by atoms with Crippen LogP contribution in [0, 0.1) is 0 Å². The molecule has 2 aromatic carbocycles. The van der Waals surface area contributed by atoms with Gasteiger partial charge in [0.2, 0.25) is 17.7 Å². The molecule has 6 nitrogen and oxygen atoms in total. The quantitative estimate of drug-likeness (QED) is 0.755. The molecule has 3 amide bonds. The number of nitrogens with one attached hydrogen (secondary N) is 1. The van der Waals surface area contributed by atoms with Gasteiger partial charge in [-0.3, -0.25) is 14.4 Å². The van der Waals surface area contributed by atoms with Crippen molar-refractivity contribution in [3.8, 4) is 11.1 Å². The highest BCUT2D eigenvalue weighted by molar-refractivity contribution is 6.31. The van der Waals surface area contributed by atoms with E-state index in [1.807, 2.05) is 42.5 Å². The highest BCUT2D eigenvalue weighted by Crippen LogP contribution is 2.33. The van der Waals surface area contributed by atoms with Crippen LogP contribution in [0.3, 0.4) is 0 Å². The van der Waals surface area contributed by atoms with Gasteiger partial charge >= 0.3 is 0 Å². The summed E-state index contributed by atoms with van der Waals surface area (Å²) in [5.74, 6) is -0.362. The lowest BCUT2D eigenvalue weighted by atomic mass is 9.96. The summed E-state index contributed by atoms with van der Waals surface area (Å²) in [5, 5.41) is 3.31. The first-order chi connectivity index (χ1) is 14.3. The molecular weight excluding hydrogens is 402 g/mol. The highest BCUT2D eigenvalue weighted by Gasteiger charge is 2.31. The van der Waals surface area contributed by atoms with Crippen LogP contribution in [0.2, 0.25) is 5.02 Å². The van der Waals surface area contributed by atoms with Crippen molar-refractivity contribution >= 4 is 35.0 Å². The molecule has 0 radical (unpaired) electrons. The number of hydrogen-bond donors (Lipinski definition) is 1. The molecule has 0 spiro atoms. The standard InChI is InChI=1S/C23H24ClN3O3/c1-4-23(30)26-8-9-27(16(3)29)22(14-26)19-10-18(11-20(24)12-19)17-6-5-7-21(13-17)25-15(2)28/h4-7,10-13,22H,1,8-9,14H2,2-3H3,(H,25,28)/t22-/m1/s1.